The Bertz CT molecular complexity index is 1460. The third kappa shape index (κ3) is 4.47. The molecule has 2 fully saturated rings. The minimum atomic E-state index is -3.79. The van der Waals surface area contributed by atoms with Gasteiger partial charge in [-0.15, -0.1) is 0 Å². The summed E-state index contributed by atoms with van der Waals surface area (Å²) in [6.45, 7) is 5.04. The van der Waals surface area contributed by atoms with E-state index >= 15 is 0 Å². The molecule has 1 N–H and O–H groups in total. The topological polar surface area (TPSA) is 111 Å². The van der Waals surface area contributed by atoms with Gasteiger partial charge in [-0.1, -0.05) is 0 Å². The summed E-state index contributed by atoms with van der Waals surface area (Å²) in [6.07, 6.45) is 7.23. The van der Waals surface area contributed by atoms with Gasteiger partial charge in [0.05, 0.1) is 28.5 Å². The number of hydrogen-bond acceptors (Lipinski definition) is 6. The Morgan fingerprint density at radius 2 is 1.82 bits per heavy atom. The minimum absolute atomic E-state index is 0.0305. The van der Waals surface area contributed by atoms with Crippen LogP contribution in [0.1, 0.15) is 38.2 Å². The lowest BCUT2D eigenvalue weighted by molar-refractivity contribution is 0.320. The summed E-state index contributed by atoms with van der Waals surface area (Å²) in [5.74, 6) is 0. The van der Waals surface area contributed by atoms with E-state index in [0.29, 0.717) is 18.6 Å². The quantitative estimate of drug-likeness (QED) is 0.506. The molecule has 0 atom stereocenters. The van der Waals surface area contributed by atoms with Crippen LogP contribution in [0.2, 0.25) is 0 Å². The summed E-state index contributed by atoms with van der Waals surface area (Å²) in [6, 6.07) is 4.46. The van der Waals surface area contributed by atoms with E-state index in [1.807, 2.05) is 6.92 Å². The number of nitrogens with one attached hydrogen (secondary N) is 1. The van der Waals surface area contributed by atoms with Crippen molar-refractivity contribution in [2.75, 3.05) is 19.6 Å². The molecule has 1 saturated carbocycles. The van der Waals surface area contributed by atoms with Crippen LogP contribution in [0.5, 0.6) is 0 Å². The first-order chi connectivity index (χ1) is 16.2. The van der Waals surface area contributed by atoms with Gasteiger partial charge < -0.3 is 4.90 Å². The first-order valence-corrected chi connectivity index (χ1v) is 13.1. The van der Waals surface area contributed by atoms with Crippen LogP contribution in [0.4, 0.5) is 0 Å². The second-order valence-corrected chi connectivity index (χ2v) is 11.4. The number of sulfonamides is 1. The predicted molar refractivity (Wildman–Crippen MR) is 128 cm³/mol. The van der Waals surface area contributed by atoms with Crippen molar-refractivity contribution in [3.8, 4) is 0 Å². The van der Waals surface area contributed by atoms with Crippen molar-refractivity contribution in [1.82, 2.24) is 28.5 Å². The van der Waals surface area contributed by atoms with Crippen LogP contribution in [0.3, 0.4) is 0 Å². The molecule has 0 spiro atoms. The summed E-state index contributed by atoms with van der Waals surface area (Å²) in [7, 11) is -2.02. The van der Waals surface area contributed by atoms with Gasteiger partial charge in [-0.25, -0.2) is 17.9 Å². The molecule has 5 rings (SSSR count). The van der Waals surface area contributed by atoms with Crippen molar-refractivity contribution >= 4 is 20.9 Å². The van der Waals surface area contributed by atoms with Gasteiger partial charge >= 0.3 is 5.69 Å². The maximum Gasteiger partial charge on any atom is 0.331 e. The molecule has 0 bridgehead atoms. The Balaban J connectivity index is 1.61. The lowest BCUT2D eigenvalue weighted by atomic mass is 10.2. The average molecular weight is 487 g/mol. The molecule has 10 nitrogen and oxygen atoms in total. The summed E-state index contributed by atoms with van der Waals surface area (Å²) in [5, 5.41) is 4.35. The Labute approximate surface area is 197 Å². The predicted octanol–water partition coefficient (Wildman–Crippen LogP) is 0.872. The van der Waals surface area contributed by atoms with Crippen molar-refractivity contribution in [2.24, 2.45) is 7.05 Å². The molecule has 3 heterocycles. The molecule has 0 amide bonds. The maximum absolute atomic E-state index is 13.4. The Kier molecular flexibility index (Phi) is 5.73. The molecule has 1 aromatic carbocycles. The van der Waals surface area contributed by atoms with Crippen molar-refractivity contribution in [2.45, 2.75) is 56.1 Å². The van der Waals surface area contributed by atoms with E-state index in [9.17, 15) is 18.0 Å². The van der Waals surface area contributed by atoms with Crippen LogP contribution in [0, 0.1) is 0 Å². The fraction of sp³-hybridized carbons (Fsp3) is 0.522. The number of likely N-dealkylation sites (tertiary alicyclic amines) is 1. The highest BCUT2D eigenvalue weighted by Crippen LogP contribution is 2.36. The van der Waals surface area contributed by atoms with Crippen LogP contribution >= 0.6 is 0 Å². The summed E-state index contributed by atoms with van der Waals surface area (Å²) >= 11 is 0. The second kappa shape index (κ2) is 8.47. The molecule has 0 unspecified atom stereocenters. The Morgan fingerprint density at radius 3 is 2.47 bits per heavy atom. The summed E-state index contributed by atoms with van der Waals surface area (Å²) in [4.78, 5) is 29.2. The van der Waals surface area contributed by atoms with Crippen molar-refractivity contribution < 1.29 is 8.42 Å². The summed E-state index contributed by atoms with van der Waals surface area (Å²) < 4.78 is 33.0. The molecule has 182 valence electrons. The number of aryl methyl sites for hydroxylation is 1. The van der Waals surface area contributed by atoms with Crippen LogP contribution in [0.25, 0.3) is 10.9 Å². The highest BCUT2D eigenvalue weighted by Gasteiger charge is 2.41. The van der Waals surface area contributed by atoms with Gasteiger partial charge in [-0.3, -0.25) is 18.6 Å². The standard InChI is InChI=1S/C23H30N6O4S/c1-23(7-8-23)25-34(32,33)18-5-6-20-19(13-18)21(30)29(16-17-14-24-26(2)15-17)22(31)28(20)12-11-27-9-3-4-10-27/h5-6,13-15,25H,3-4,7-12,16H2,1-2H3. The summed E-state index contributed by atoms with van der Waals surface area (Å²) in [5.41, 5.74) is -0.161. The van der Waals surface area contributed by atoms with Crippen molar-refractivity contribution in [3.05, 3.63) is 57.0 Å². The van der Waals surface area contributed by atoms with Crippen LogP contribution < -0.4 is 16.0 Å². The van der Waals surface area contributed by atoms with E-state index in [0.717, 1.165) is 44.3 Å². The average Bonchev–Trinajstić information content (AvgIpc) is 3.17. The first-order valence-electron chi connectivity index (χ1n) is 11.7. The molecule has 1 aliphatic carbocycles. The van der Waals surface area contributed by atoms with Gasteiger partial charge in [0.15, 0.2) is 0 Å². The fourth-order valence-electron chi connectivity index (χ4n) is 4.58. The van der Waals surface area contributed by atoms with Crippen LogP contribution in [0.15, 0.2) is 45.1 Å². The van der Waals surface area contributed by atoms with Gasteiger partial charge in [-0.2, -0.15) is 5.10 Å². The highest BCUT2D eigenvalue weighted by atomic mass is 32.2. The lowest BCUT2D eigenvalue weighted by Crippen LogP contribution is -2.42. The van der Waals surface area contributed by atoms with Gasteiger partial charge in [0, 0.05) is 37.4 Å². The number of aromatic nitrogens is 4. The van der Waals surface area contributed by atoms with Crippen LogP contribution in [-0.2, 0) is 30.2 Å². The molecule has 0 radical (unpaired) electrons. The molecule has 3 aromatic rings. The molecule has 34 heavy (non-hydrogen) atoms. The number of fused-ring (bicyclic) bond motifs is 1. The van der Waals surface area contributed by atoms with E-state index in [1.54, 1.807) is 34.8 Å². The maximum atomic E-state index is 13.4. The number of hydrogen-bond donors (Lipinski definition) is 1. The van der Waals surface area contributed by atoms with Gasteiger partial charge in [0.25, 0.3) is 5.56 Å². The number of nitrogens with zero attached hydrogens (tertiary/aromatic N) is 5. The second-order valence-electron chi connectivity index (χ2n) is 9.74. The molecule has 11 heteroatoms. The fourth-order valence-corrected chi connectivity index (χ4v) is 6.07. The van der Waals surface area contributed by atoms with E-state index < -0.39 is 26.8 Å². The smallest absolute Gasteiger partial charge is 0.302 e. The zero-order valence-corrected chi connectivity index (χ0v) is 20.3. The first kappa shape index (κ1) is 23.0. The van der Waals surface area contributed by atoms with E-state index in [-0.39, 0.29) is 16.8 Å². The van der Waals surface area contributed by atoms with Gasteiger partial charge in [0.1, 0.15) is 0 Å². The Hall–Kier alpha value is -2.76. The largest absolute Gasteiger partial charge is 0.331 e. The molecular formula is C23H30N6O4S. The molecular weight excluding hydrogens is 456 g/mol. The monoisotopic (exact) mass is 486 g/mol. The van der Waals surface area contributed by atoms with E-state index in [4.69, 9.17) is 0 Å². The number of rotatable bonds is 8. The Morgan fingerprint density at radius 1 is 1.09 bits per heavy atom. The molecule has 1 saturated heterocycles. The van der Waals surface area contributed by atoms with Gasteiger partial charge in [-0.05, 0) is 63.9 Å². The van der Waals surface area contributed by atoms with Crippen molar-refractivity contribution in [1.29, 1.82) is 0 Å². The zero-order valence-electron chi connectivity index (χ0n) is 19.5. The van der Waals surface area contributed by atoms with E-state index in [1.165, 1.54) is 16.7 Å². The lowest BCUT2D eigenvalue weighted by Gasteiger charge is -2.19. The number of benzene rings is 1. The zero-order chi connectivity index (χ0) is 24.1. The SMILES string of the molecule is Cn1cc(Cn2c(=O)c3cc(S(=O)(=O)NC4(C)CC4)ccc3n(CCN3CCCC3)c2=O)cn1. The third-order valence-electron chi connectivity index (χ3n) is 6.82. The molecule has 1 aliphatic heterocycles. The van der Waals surface area contributed by atoms with Gasteiger partial charge in [0.2, 0.25) is 10.0 Å². The highest BCUT2D eigenvalue weighted by molar-refractivity contribution is 7.89. The minimum Gasteiger partial charge on any atom is -0.302 e. The molecule has 2 aromatic heterocycles. The van der Waals surface area contributed by atoms with E-state index in [2.05, 4.69) is 14.7 Å². The molecule has 2 aliphatic rings. The van der Waals surface area contributed by atoms with Crippen LogP contribution in [-0.4, -0.2) is 57.4 Å². The third-order valence-corrected chi connectivity index (χ3v) is 8.46. The normalized spacial score (nSPS) is 18.1. The van der Waals surface area contributed by atoms with Crippen molar-refractivity contribution in [3.63, 3.8) is 0 Å².